The molecule has 0 atom stereocenters. The first-order valence-electron chi connectivity index (χ1n) is 9.19. The molecule has 0 aliphatic heterocycles. The van der Waals surface area contributed by atoms with Gasteiger partial charge in [0.05, 0.1) is 5.69 Å². The molecule has 0 saturated heterocycles. The van der Waals surface area contributed by atoms with Gasteiger partial charge in [-0.25, -0.2) is 9.78 Å². The van der Waals surface area contributed by atoms with Crippen molar-refractivity contribution in [3.05, 3.63) is 35.0 Å². The van der Waals surface area contributed by atoms with Crippen molar-refractivity contribution >= 4 is 34.9 Å². The topological polar surface area (TPSA) is 116 Å². The van der Waals surface area contributed by atoms with Gasteiger partial charge in [0.15, 0.2) is 11.5 Å². The van der Waals surface area contributed by atoms with Crippen LogP contribution in [0.5, 0.6) is 0 Å². The van der Waals surface area contributed by atoms with E-state index >= 15 is 0 Å². The minimum atomic E-state index is -0.366. The summed E-state index contributed by atoms with van der Waals surface area (Å²) < 4.78 is 1.56. The van der Waals surface area contributed by atoms with Gasteiger partial charge in [-0.1, -0.05) is 44.5 Å². The van der Waals surface area contributed by atoms with Crippen molar-refractivity contribution in [3.8, 4) is 11.4 Å². The van der Waals surface area contributed by atoms with E-state index in [1.54, 1.807) is 22.8 Å². The zero-order valence-electron chi connectivity index (χ0n) is 16.8. The van der Waals surface area contributed by atoms with Gasteiger partial charge in [-0.2, -0.15) is 4.63 Å². The van der Waals surface area contributed by atoms with Crippen LogP contribution >= 0.6 is 11.6 Å². The molecule has 2 heterocycles. The Bertz CT molecular complexity index is 1050. The molecule has 0 bridgehead atoms. The van der Waals surface area contributed by atoms with Crippen LogP contribution in [0.1, 0.15) is 33.4 Å². The number of hydrogen-bond donors (Lipinski definition) is 4. The van der Waals surface area contributed by atoms with E-state index in [-0.39, 0.29) is 17.4 Å². The highest BCUT2D eigenvalue weighted by atomic mass is 35.5. The molecule has 0 spiro atoms. The number of hydrogen-bond acceptors (Lipinski definition) is 4. The first-order chi connectivity index (χ1) is 13.6. The number of urea groups is 1. The third-order valence-electron chi connectivity index (χ3n) is 4.15. The summed E-state index contributed by atoms with van der Waals surface area (Å²) >= 11 is 6.48. The number of aromatic nitrogens is 4. The molecule has 0 aliphatic rings. The molecule has 10 heteroatoms. The third-order valence-corrected chi connectivity index (χ3v) is 4.51. The van der Waals surface area contributed by atoms with Crippen molar-refractivity contribution in [3.63, 3.8) is 0 Å². The van der Waals surface area contributed by atoms with E-state index in [1.807, 2.05) is 6.07 Å². The predicted molar refractivity (Wildman–Crippen MR) is 112 cm³/mol. The van der Waals surface area contributed by atoms with Gasteiger partial charge in [0.25, 0.3) is 0 Å². The van der Waals surface area contributed by atoms with Gasteiger partial charge < -0.3 is 16.0 Å². The minimum absolute atomic E-state index is 0.140. The average molecular weight is 418 g/mol. The average Bonchev–Trinajstić information content (AvgIpc) is 3.18. The quantitative estimate of drug-likeness (QED) is 0.477. The van der Waals surface area contributed by atoms with Crippen LogP contribution in [0.25, 0.3) is 17.0 Å². The van der Waals surface area contributed by atoms with Gasteiger partial charge in [-0.15, -0.1) is 5.10 Å². The molecule has 9 nitrogen and oxygen atoms in total. The summed E-state index contributed by atoms with van der Waals surface area (Å²) in [5.41, 5.74) is 2.61. The van der Waals surface area contributed by atoms with E-state index in [4.69, 9.17) is 11.6 Å². The molecule has 3 aromatic rings. The predicted octanol–water partition coefficient (Wildman–Crippen LogP) is 2.93. The Morgan fingerprint density at radius 3 is 2.59 bits per heavy atom. The summed E-state index contributed by atoms with van der Waals surface area (Å²) in [4.78, 5) is 27.3. The zero-order chi connectivity index (χ0) is 21.2. The van der Waals surface area contributed by atoms with Gasteiger partial charge in [0.1, 0.15) is 5.02 Å². The third kappa shape index (κ3) is 4.86. The van der Waals surface area contributed by atoms with Crippen LogP contribution in [-0.4, -0.2) is 44.8 Å². The maximum Gasteiger partial charge on any atom is 0.319 e. The molecule has 1 aromatic carbocycles. The lowest BCUT2D eigenvalue weighted by atomic mass is 9.92. The zero-order valence-corrected chi connectivity index (χ0v) is 17.5. The summed E-state index contributed by atoms with van der Waals surface area (Å²) in [5, 5.41) is 16.2. The fourth-order valence-electron chi connectivity index (χ4n) is 2.74. The Hall–Kier alpha value is -3.07. The number of rotatable bonds is 5. The molecule has 0 fully saturated rings. The second kappa shape index (κ2) is 8.12. The van der Waals surface area contributed by atoms with Crippen molar-refractivity contribution in [1.29, 1.82) is 0 Å². The maximum atomic E-state index is 12.0. The summed E-state index contributed by atoms with van der Waals surface area (Å²) in [6, 6.07) is 6.84. The largest absolute Gasteiger partial charge is 0.355 e. The number of nitrogens with one attached hydrogen (secondary N) is 4. The molecule has 0 saturated carbocycles. The highest BCUT2D eigenvalue weighted by Crippen LogP contribution is 2.32. The molecule has 4 N–H and O–H groups in total. The second-order valence-electron chi connectivity index (χ2n) is 7.67. The number of anilines is 1. The lowest BCUT2D eigenvalue weighted by molar-refractivity contribution is -0.118. The maximum absolute atomic E-state index is 12.0. The number of aromatic amines is 1. The summed E-state index contributed by atoms with van der Waals surface area (Å²) in [5.74, 6) is 0.353. The number of benzene rings is 1. The van der Waals surface area contributed by atoms with Crippen LogP contribution in [0.3, 0.4) is 0 Å². The van der Waals surface area contributed by atoms with Crippen LogP contribution in [0.4, 0.5) is 10.5 Å². The number of H-pyrrole nitrogens is 1. The van der Waals surface area contributed by atoms with Crippen LogP contribution < -0.4 is 16.0 Å². The van der Waals surface area contributed by atoms with E-state index < -0.39 is 0 Å². The molecule has 2 aromatic heterocycles. The normalized spacial score (nSPS) is 11.5. The van der Waals surface area contributed by atoms with E-state index in [2.05, 4.69) is 51.9 Å². The van der Waals surface area contributed by atoms with Crippen LogP contribution in [-0.2, 0) is 10.2 Å². The van der Waals surface area contributed by atoms with E-state index in [9.17, 15) is 9.59 Å². The fourth-order valence-corrected chi connectivity index (χ4v) is 3.19. The van der Waals surface area contributed by atoms with Gasteiger partial charge in [0.2, 0.25) is 5.91 Å². The summed E-state index contributed by atoms with van der Waals surface area (Å²) in [6.07, 6.45) is 0. The Balaban J connectivity index is 1.72. The molecule has 0 radical (unpaired) electrons. The monoisotopic (exact) mass is 417 g/mol. The highest BCUT2D eigenvalue weighted by Gasteiger charge is 2.24. The SMILES string of the molecule is CC(=O)NCCNC(=O)Nc1cccc(-c2nc3c(Cl)c(C(C)(C)C)[nH]n3n2)c1. The lowest BCUT2D eigenvalue weighted by Crippen LogP contribution is -2.36. The molecular formula is C19H24ClN7O2. The van der Waals surface area contributed by atoms with Crippen molar-refractivity contribution in [2.45, 2.75) is 33.1 Å². The minimum Gasteiger partial charge on any atom is -0.355 e. The number of amides is 3. The van der Waals surface area contributed by atoms with E-state index in [1.165, 1.54) is 6.92 Å². The molecule has 0 unspecified atom stereocenters. The smallest absolute Gasteiger partial charge is 0.319 e. The van der Waals surface area contributed by atoms with Crippen LogP contribution in [0.2, 0.25) is 5.02 Å². The fraction of sp³-hybridized carbons (Fsp3) is 0.368. The van der Waals surface area contributed by atoms with Crippen molar-refractivity contribution < 1.29 is 9.59 Å². The van der Waals surface area contributed by atoms with E-state index in [0.29, 0.717) is 35.3 Å². The number of fused-ring (bicyclic) bond motifs is 1. The highest BCUT2D eigenvalue weighted by molar-refractivity contribution is 6.34. The number of carbonyl (C=O) groups is 2. The molecule has 29 heavy (non-hydrogen) atoms. The Morgan fingerprint density at radius 2 is 1.93 bits per heavy atom. The first-order valence-corrected chi connectivity index (χ1v) is 9.57. The van der Waals surface area contributed by atoms with Gasteiger partial charge >= 0.3 is 6.03 Å². The Kier molecular flexibility index (Phi) is 5.78. The van der Waals surface area contributed by atoms with Crippen molar-refractivity contribution in [2.75, 3.05) is 18.4 Å². The summed E-state index contributed by atoms with van der Waals surface area (Å²) in [6.45, 7) is 8.29. The summed E-state index contributed by atoms with van der Waals surface area (Å²) in [7, 11) is 0. The Labute approximate surface area is 173 Å². The molecule has 3 rings (SSSR count). The Morgan fingerprint density at radius 1 is 1.21 bits per heavy atom. The standard InChI is InChI=1S/C19H24ClN7O2/c1-11(28)21-8-9-22-18(29)23-13-7-5-6-12(10-13)16-24-17-14(20)15(19(2,3)4)25-27(17)26-16/h5-7,10,25H,8-9H2,1-4H3,(H,21,28)(H2,22,23,29). The molecular weight excluding hydrogens is 394 g/mol. The van der Waals surface area contributed by atoms with Gasteiger partial charge in [-0.3, -0.25) is 9.89 Å². The first kappa shape index (κ1) is 20.7. The lowest BCUT2D eigenvalue weighted by Gasteiger charge is -2.16. The molecule has 3 amide bonds. The molecule has 154 valence electrons. The molecule has 0 aliphatic carbocycles. The van der Waals surface area contributed by atoms with Gasteiger partial charge in [-0.05, 0) is 12.1 Å². The van der Waals surface area contributed by atoms with E-state index in [0.717, 1.165) is 11.3 Å². The van der Waals surface area contributed by atoms with Crippen LogP contribution in [0.15, 0.2) is 24.3 Å². The van der Waals surface area contributed by atoms with Crippen LogP contribution in [0, 0.1) is 0 Å². The van der Waals surface area contributed by atoms with Crippen molar-refractivity contribution in [1.82, 2.24) is 30.4 Å². The second-order valence-corrected chi connectivity index (χ2v) is 8.04. The van der Waals surface area contributed by atoms with Gasteiger partial charge in [0, 0.05) is 36.7 Å². The number of halogens is 1. The number of carbonyl (C=O) groups excluding carboxylic acids is 2. The number of nitrogens with zero attached hydrogens (tertiary/aromatic N) is 3. The van der Waals surface area contributed by atoms with Crippen molar-refractivity contribution in [2.24, 2.45) is 0 Å².